The van der Waals surface area contributed by atoms with Gasteiger partial charge in [0, 0.05) is 24.0 Å². The van der Waals surface area contributed by atoms with Crippen molar-refractivity contribution in [3.63, 3.8) is 0 Å². The van der Waals surface area contributed by atoms with Gasteiger partial charge in [-0.3, -0.25) is 9.59 Å². The van der Waals surface area contributed by atoms with Crippen molar-refractivity contribution < 1.29 is 33.4 Å². The Morgan fingerprint density at radius 2 is 1.67 bits per heavy atom. The summed E-state index contributed by atoms with van der Waals surface area (Å²) in [7, 11) is 0. The lowest BCUT2D eigenvalue weighted by molar-refractivity contribution is -0.125. The van der Waals surface area contributed by atoms with Crippen LogP contribution in [0.4, 0.5) is 9.59 Å². The van der Waals surface area contributed by atoms with E-state index in [1.54, 1.807) is 78.0 Å². The van der Waals surface area contributed by atoms with Crippen LogP contribution in [-0.4, -0.2) is 46.1 Å². The fraction of sp³-hybridized carbons (Fsp3) is 0.500. The molecule has 194 valence electrons. The molecule has 0 saturated carbocycles. The number of imide groups is 1. The number of carbonyl (C=O) groups is 4. The zero-order chi connectivity index (χ0) is 26.7. The molecule has 0 spiro atoms. The summed E-state index contributed by atoms with van der Waals surface area (Å²) in [4.78, 5) is 51.5. The lowest BCUT2D eigenvalue weighted by Crippen LogP contribution is -2.45. The molecule has 8 nitrogen and oxygen atoms in total. The van der Waals surface area contributed by atoms with E-state index in [-0.39, 0.29) is 11.5 Å². The monoisotopic (exact) mass is 497 g/mol. The van der Waals surface area contributed by atoms with Gasteiger partial charge in [0.05, 0.1) is 6.04 Å². The van der Waals surface area contributed by atoms with E-state index < -0.39 is 41.3 Å². The Balaban J connectivity index is 2.02. The maximum absolute atomic E-state index is 13.0. The van der Waals surface area contributed by atoms with Crippen LogP contribution in [0.1, 0.15) is 78.7 Å². The average Bonchev–Trinajstić information content (AvgIpc) is 3.11. The topological polar surface area (TPSA) is 99.2 Å². The Morgan fingerprint density at radius 3 is 2.31 bits per heavy atom. The number of carbonyl (C=O) groups excluding carboxylic acids is 4. The molecule has 0 bridgehead atoms. The average molecular weight is 498 g/mol. The number of allylic oxidation sites excluding steroid dienone is 2. The van der Waals surface area contributed by atoms with Gasteiger partial charge in [0.2, 0.25) is 0 Å². The number of para-hydroxylation sites is 1. The van der Waals surface area contributed by atoms with Gasteiger partial charge in [0.15, 0.2) is 5.78 Å². The number of benzene rings is 1. The number of nitrogens with zero attached hydrogens (tertiary/aromatic N) is 1. The largest absolute Gasteiger partial charge is 0.514 e. The number of ketones is 1. The van der Waals surface area contributed by atoms with E-state index in [0.717, 1.165) is 23.3 Å². The summed E-state index contributed by atoms with van der Waals surface area (Å²) in [5.41, 5.74) is -0.0107. The summed E-state index contributed by atoms with van der Waals surface area (Å²) < 4.78 is 16.4. The summed E-state index contributed by atoms with van der Waals surface area (Å²) in [5.74, 6) is -0.666. The van der Waals surface area contributed by atoms with Crippen molar-refractivity contribution in [2.24, 2.45) is 0 Å². The molecule has 1 aliphatic heterocycles. The summed E-state index contributed by atoms with van der Waals surface area (Å²) >= 11 is 0. The van der Waals surface area contributed by atoms with Crippen LogP contribution in [0, 0.1) is 0 Å². The minimum Gasteiger partial charge on any atom is -0.443 e. The third-order valence-electron chi connectivity index (χ3n) is 5.64. The molecule has 36 heavy (non-hydrogen) atoms. The Hall–Kier alpha value is -3.42. The van der Waals surface area contributed by atoms with Crippen molar-refractivity contribution in [1.82, 2.24) is 4.90 Å². The van der Waals surface area contributed by atoms with E-state index in [4.69, 9.17) is 14.2 Å². The second-order valence-corrected chi connectivity index (χ2v) is 11.1. The van der Waals surface area contributed by atoms with Crippen molar-refractivity contribution >= 4 is 23.9 Å². The standard InChI is InChI=1S/C28H35NO7/c1-27(2,3)35-25(32)29-22(14-15-24(29)31)21(17-18-10-9-11-19(30)16-18)20-12-7-8-13-23(20)34-26(33)36-28(4,5)6/h7-8,12-16,21-22H,9-11,17H2,1-6H3. The third-order valence-corrected chi connectivity index (χ3v) is 5.64. The van der Waals surface area contributed by atoms with Crippen LogP contribution in [0.2, 0.25) is 0 Å². The van der Waals surface area contributed by atoms with E-state index >= 15 is 0 Å². The highest BCUT2D eigenvalue weighted by Gasteiger charge is 2.41. The molecule has 0 N–H and O–H groups in total. The molecular formula is C28H35NO7. The first-order valence-corrected chi connectivity index (χ1v) is 12.2. The fourth-order valence-corrected chi connectivity index (χ4v) is 4.29. The van der Waals surface area contributed by atoms with Crippen LogP contribution in [0.25, 0.3) is 0 Å². The molecule has 1 aliphatic carbocycles. The Kier molecular flexibility index (Phi) is 8.06. The number of ether oxygens (including phenoxy) is 3. The molecule has 0 fully saturated rings. The zero-order valence-corrected chi connectivity index (χ0v) is 21.8. The van der Waals surface area contributed by atoms with Gasteiger partial charge in [-0.2, -0.15) is 0 Å². The summed E-state index contributed by atoms with van der Waals surface area (Å²) in [6.07, 6.45) is 5.39. The maximum Gasteiger partial charge on any atom is 0.514 e. The summed E-state index contributed by atoms with van der Waals surface area (Å²) in [6, 6.07) is 6.26. The van der Waals surface area contributed by atoms with Crippen molar-refractivity contribution in [3.8, 4) is 5.75 Å². The molecule has 2 amide bonds. The van der Waals surface area contributed by atoms with Gasteiger partial charge in [-0.15, -0.1) is 0 Å². The van der Waals surface area contributed by atoms with Crippen LogP contribution in [-0.2, 0) is 19.1 Å². The molecule has 0 aromatic heterocycles. The minimum absolute atomic E-state index is 0.0512. The SMILES string of the molecule is CC(C)(C)OC(=O)Oc1ccccc1C(CC1=CC(=O)CCC1)C1C=CC(=O)N1C(=O)OC(C)(C)C. The molecule has 2 atom stereocenters. The van der Waals surface area contributed by atoms with Crippen LogP contribution < -0.4 is 4.74 Å². The first-order chi connectivity index (χ1) is 16.7. The number of rotatable bonds is 5. The zero-order valence-electron chi connectivity index (χ0n) is 21.8. The summed E-state index contributed by atoms with van der Waals surface area (Å²) in [6.45, 7) is 10.4. The van der Waals surface area contributed by atoms with Crippen molar-refractivity contribution in [1.29, 1.82) is 0 Å². The Morgan fingerprint density at radius 1 is 1.00 bits per heavy atom. The van der Waals surface area contributed by atoms with Crippen LogP contribution in [0.3, 0.4) is 0 Å². The van der Waals surface area contributed by atoms with Crippen LogP contribution >= 0.6 is 0 Å². The number of hydrogen-bond acceptors (Lipinski definition) is 7. The molecule has 3 rings (SSSR count). The molecule has 2 aliphatic rings. The van der Waals surface area contributed by atoms with Gasteiger partial charge in [-0.25, -0.2) is 14.5 Å². The van der Waals surface area contributed by atoms with Crippen molar-refractivity contribution in [2.45, 2.75) is 90.4 Å². The Bertz CT molecular complexity index is 1090. The second kappa shape index (κ2) is 10.7. The van der Waals surface area contributed by atoms with Crippen molar-refractivity contribution in [3.05, 3.63) is 53.6 Å². The fourth-order valence-electron chi connectivity index (χ4n) is 4.29. The molecule has 0 radical (unpaired) electrons. The van der Waals surface area contributed by atoms with Crippen LogP contribution in [0.5, 0.6) is 5.75 Å². The van der Waals surface area contributed by atoms with Gasteiger partial charge < -0.3 is 14.2 Å². The lowest BCUT2D eigenvalue weighted by atomic mass is 9.82. The molecule has 1 aromatic rings. The first-order valence-electron chi connectivity index (χ1n) is 12.2. The van der Waals surface area contributed by atoms with Gasteiger partial charge in [-0.05, 0) is 72.9 Å². The lowest BCUT2D eigenvalue weighted by Gasteiger charge is -2.33. The van der Waals surface area contributed by atoms with E-state index in [0.29, 0.717) is 18.4 Å². The highest BCUT2D eigenvalue weighted by atomic mass is 16.7. The van der Waals surface area contributed by atoms with Crippen LogP contribution in [0.15, 0.2) is 48.1 Å². The van der Waals surface area contributed by atoms with Gasteiger partial charge >= 0.3 is 12.2 Å². The number of hydrogen-bond donors (Lipinski definition) is 0. The van der Waals surface area contributed by atoms with E-state index in [1.807, 2.05) is 0 Å². The highest BCUT2D eigenvalue weighted by molar-refractivity contribution is 6.01. The van der Waals surface area contributed by atoms with Crippen molar-refractivity contribution in [2.75, 3.05) is 0 Å². The maximum atomic E-state index is 13.0. The first kappa shape index (κ1) is 27.2. The normalized spacial score (nSPS) is 19.1. The highest BCUT2D eigenvalue weighted by Crippen LogP contribution is 2.40. The molecule has 2 unspecified atom stereocenters. The smallest absolute Gasteiger partial charge is 0.443 e. The van der Waals surface area contributed by atoms with E-state index in [9.17, 15) is 19.2 Å². The van der Waals surface area contributed by atoms with Gasteiger partial charge in [-0.1, -0.05) is 29.8 Å². The van der Waals surface area contributed by atoms with E-state index in [1.165, 1.54) is 6.08 Å². The quantitative estimate of drug-likeness (QED) is 0.371. The molecular weight excluding hydrogens is 462 g/mol. The second-order valence-electron chi connectivity index (χ2n) is 11.1. The molecule has 1 heterocycles. The molecule has 8 heteroatoms. The van der Waals surface area contributed by atoms with Gasteiger partial charge in [0.1, 0.15) is 17.0 Å². The summed E-state index contributed by atoms with van der Waals surface area (Å²) in [5, 5.41) is 0. The predicted molar refractivity (Wildman–Crippen MR) is 134 cm³/mol. The van der Waals surface area contributed by atoms with E-state index in [2.05, 4.69) is 0 Å². The minimum atomic E-state index is -0.859. The molecule has 1 aromatic carbocycles. The predicted octanol–water partition coefficient (Wildman–Crippen LogP) is 5.86. The molecule has 0 saturated heterocycles. The Labute approximate surface area is 212 Å². The number of amides is 2. The van der Waals surface area contributed by atoms with Gasteiger partial charge in [0.25, 0.3) is 5.91 Å². The third kappa shape index (κ3) is 7.29.